The SMILES string of the molecule is O=C(O)CCC1CCC(n2nccn2)CC1. The summed E-state index contributed by atoms with van der Waals surface area (Å²) in [5.74, 6) is -0.112. The normalized spacial score (nSPS) is 25.5. The van der Waals surface area contributed by atoms with E-state index in [0.29, 0.717) is 18.4 Å². The van der Waals surface area contributed by atoms with Crippen molar-refractivity contribution in [2.24, 2.45) is 5.92 Å². The number of hydrogen-bond acceptors (Lipinski definition) is 3. The van der Waals surface area contributed by atoms with Crippen molar-refractivity contribution >= 4 is 5.97 Å². The third kappa shape index (κ3) is 2.81. The lowest BCUT2D eigenvalue weighted by molar-refractivity contribution is -0.137. The Hall–Kier alpha value is -1.39. The number of carboxylic acids is 1. The minimum Gasteiger partial charge on any atom is -0.481 e. The molecule has 0 spiro atoms. The van der Waals surface area contributed by atoms with Crippen molar-refractivity contribution in [2.45, 2.75) is 44.6 Å². The van der Waals surface area contributed by atoms with Gasteiger partial charge in [0.25, 0.3) is 0 Å². The lowest BCUT2D eigenvalue weighted by atomic mass is 9.83. The van der Waals surface area contributed by atoms with Crippen LogP contribution in [0.3, 0.4) is 0 Å². The highest BCUT2D eigenvalue weighted by Crippen LogP contribution is 2.33. The number of hydrogen-bond donors (Lipinski definition) is 1. The number of aliphatic carboxylic acids is 1. The van der Waals surface area contributed by atoms with E-state index in [1.807, 2.05) is 0 Å². The third-order valence-corrected chi connectivity index (χ3v) is 3.35. The number of carbonyl (C=O) groups is 1. The van der Waals surface area contributed by atoms with Crippen LogP contribution in [-0.4, -0.2) is 26.1 Å². The summed E-state index contributed by atoms with van der Waals surface area (Å²) in [5, 5.41) is 16.9. The topological polar surface area (TPSA) is 68.0 Å². The molecule has 5 heteroatoms. The Balaban J connectivity index is 1.76. The first kappa shape index (κ1) is 11.1. The molecule has 0 unspecified atom stereocenters. The first-order valence-electron chi connectivity index (χ1n) is 5.83. The molecule has 0 radical (unpaired) electrons. The molecule has 1 heterocycles. The van der Waals surface area contributed by atoms with E-state index in [2.05, 4.69) is 10.2 Å². The second-order valence-electron chi connectivity index (χ2n) is 4.46. The molecule has 0 bridgehead atoms. The lowest BCUT2D eigenvalue weighted by Crippen LogP contribution is -2.20. The zero-order valence-electron chi connectivity index (χ0n) is 9.25. The summed E-state index contributed by atoms with van der Waals surface area (Å²) in [6, 6.07) is 0.413. The zero-order valence-corrected chi connectivity index (χ0v) is 9.25. The van der Waals surface area contributed by atoms with Crippen LogP contribution in [0.2, 0.25) is 0 Å². The Morgan fingerprint density at radius 1 is 1.25 bits per heavy atom. The van der Waals surface area contributed by atoms with Crippen LogP contribution >= 0.6 is 0 Å². The van der Waals surface area contributed by atoms with E-state index in [1.165, 1.54) is 0 Å². The van der Waals surface area contributed by atoms with Crippen molar-refractivity contribution in [1.29, 1.82) is 0 Å². The Labute approximate surface area is 94.5 Å². The van der Waals surface area contributed by atoms with Gasteiger partial charge in [0.05, 0.1) is 18.4 Å². The summed E-state index contributed by atoms with van der Waals surface area (Å²) in [5.41, 5.74) is 0. The van der Waals surface area contributed by atoms with Gasteiger partial charge in [0.1, 0.15) is 0 Å². The summed E-state index contributed by atoms with van der Waals surface area (Å²) in [6.07, 6.45) is 8.86. The fraction of sp³-hybridized carbons (Fsp3) is 0.727. The van der Waals surface area contributed by atoms with Crippen LogP contribution in [0, 0.1) is 5.92 Å². The van der Waals surface area contributed by atoms with Crippen molar-refractivity contribution in [1.82, 2.24) is 15.0 Å². The highest BCUT2D eigenvalue weighted by molar-refractivity contribution is 5.66. The van der Waals surface area contributed by atoms with Gasteiger partial charge in [0, 0.05) is 6.42 Å². The number of rotatable bonds is 4. The molecule has 88 valence electrons. The van der Waals surface area contributed by atoms with Gasteiger partial charge >= 0.3 is 5.97 Å². The van der Waals surface area contributed by atoms with Crippen LogP contribution in [0.5, 0.6) is 0 Å². The van der Waals surface area contributed by atoms with E-state index in [4.69, 9.17) is 5.11 Å². The highest BCUT2D eigenvalue weighted by Gasteiger charge is 2.23. The van der Waals surface area contributed by atoms with Crippen molar-refractivity contribution in [2.75, 3.05) is 0 Å². The van der Waals surface area contributed by atoms with Gasteiger partial charge in [0.15, 0.2) is 0 Å². The molecule has 1 aromatic rings. The van der Waals surface area contributed by atoms with Gasteiger partial charge < -0.3 is 5.11 Å². The van der Waals surface area contributed by atoms with Gasteiger partial charge in [-0.2, -0.15) is 15.0 Å². The van der Waals surface area contributed by atoms with Crippen molar-refractivity contribution in [3.8, 4) is 0 Å². The fourth-order valence-corrected chi connectivity index (χ4v) is 2.41. The predicted octanol–water partition coefficient (Wildman–Crippen LogP) is 1.87. The monoisotopic (exact) mass is 223 g/mol. The Morgan fingerprint density at radius 3 is 2.44 bits per heavy atom. The van der Waals surface area contributed by atoms with Crippen molar-refractivity contribution < 1.29 is 9.90 Å². The van der Waals surface area contributed by atoms with Crippen LogP contribution in [-0.2, 0) is 4.79 Å². The molecule has 0 atom stereocenters. The summed E-state index contributed by atoms with van der Waals surface area (Å²) in [4.78, 5) is 12.3. The maximum Gasteiger partial charge on any atom is 0.303 e. The molecule has 1 aliphatic rings. The average Bonchev–Trinajstić information content (AvgIpc) is 2.80. The van der Waals surface area contributed by atoms with E-state index >= 15 is 0 Å². The summed E-state index contributed by atoms with van der Waals surface area (Å²) in [6.45, 7) is 0. The molecule has 0 saturated heterocycles. The van der Waals surface area contributed by atoms with Gasteiger partial charge in [-0.1, -0.05) is 0 Å². The average molecular weight is 223 g/mol. The van der Waals surface area contributed by atoms with Gasteiger partial charge in [-0.3, -0.25) is 4.79 Å². The van der Waals surface area contributed by atoms with E-state index in [-0.39, 0.29) is 0 Å². The first-order valence-corrected chi connectivity index (χ1v) is 5.83. The lowest BCUT2D eigenvalue weighted by Gasteiger charge is -2.27. The Kier molecular flexibility index (Phi) is 3.54. The molecule has 16 heavy (non-hydrogen) atoms. The van der Waals surface area contributed by atoms with Gasteiger partial charge in [0.2, 0.25) is 0 Å². The van der Waals surface area contributed by atoms with Crippen LogP contribution in [0.15, 0.2) is 12.4 Å². The minimum absolute atomic E-state index is 0.301. The van der Waals surface area contributed by atoms with Gasteiger partial charge in [-0.15, -0.1) is 0 Å². The molecule has 1 fully saturated rings. The van der Waals surface area contributed by atoms with Gasteiger partial charge in [-0.05, 0) is 38.0 Å². The predicted molar refractivity (Wildman–Crippen MR) is 57.9 cm³/mol. The Morgan fingerprint density at radius 2 is 1.88 bits per heavy atom. The molecular formula is C11H17N3O2. The van der Waals surface area contributed by atoms with Gasteiger partial charge in [-0.25, -0.2) is 0 Å². The first-order chi connectivity index (χ1) is 7.75. The van der Waals surface area contributed by atoms with E-state index in [1.54, 1.807) is 17.2 Å². The number of nitrogens with zero attached hydrogens (tertiary/aromatic N) is 3. The molecule has 0 aromatic carbocycles. The maximum absolute atomic E-state index is 10.5. The molecule has 1 saturated carbocycles. The fourth-order valence-electron chi connectivity index (χ4n) is 2.41. The van der Waals surface area contributed by atoms with Crippen LogP contribution in [0.4, 0.5) is 0 Å². The van der Waals surface area contributed by atoms with Crippen LogP contribution in [0.1, 0.15) is 44.6 Å². The molecule has 0 amide bonds. The smallest absolute Gasteiger partial charge is 0.303 e. The quantitative estimate of drug-likeness (QED) is 0.846. The minimum atomic E-state index is -0.684. The Bertz CT molecular complexity index is 329. The van der Waals surface area contributed by atoms with Crippen LogP contribution < -0.4 is 0 Å². The molecular weight excluding hydrogens is 206 g/mol. The number of carboxylic acid groups (broad SMARTS) is 1. The second-order valence-corrected chi connectivity index (χ2v) is 4.46. The maximum atomic E-state index is 10.5. The summed E-state index contributed by atoms with van der Waals surface area (Å²) < 4.78 is 0. The summed E-state index contributed by atoms with van der Waals surface area (Å²) >= 11 is 0. The molecule has 2 rings (SSSR count). The molecule has 1 aromatic heterocycles. The third-order valence-electron chi connectivity index (χ3n) is 3.35. The number of aromatic nitrogens is 3. The molecule has 5 nitrogen and oxygen atoms in total. The molecule has 0 aliphatic heterocycles. The summed E-state index contributed by atoms with van der Waals surface area (Å²) in [7, 11) is 0. The highest BCUT2D eigenvalue weighted by atomic mass is 16.4. The van der Waals surface area contributed by atoms with E-state index in [0.717, 1.165) is 32.1 Å². The van der Waals surface area contributed by atoms with Crippen LogP contribution in [0.25, 0.3) is 0 Å². The molecule has 1 N–H and O–H groups in total. The zero-order chi connectivity index (χ0) is 11.4. The standard InChI is InChI=1S/C11H17N3O2/c15-11(16)6-3-9-1-4-10(5-2-9)14-12-7-8-13-14/h7-10H,1-6H2,(H,15,16). The molecule has 1 aliphatic carbocycles. The van der Waals surface area contributed by atoms with Crippen molar-refractivity contribution in [3.63, 3.8) is 0 Å². The van der Waals surface area contributed by atoms with E-state index in [9.17, 15) is 4.79 Å². The second kappa shape index (κ2) is 5.09. The largest absolute Gasteiger partial charge is 0.481 e. The van der Waals surface area contributed by atoms with E-state index < -0.39 is 5.97 Å². The van der Waals surface area contributed by atoms with Crippen molar-refractivity contribution in [3.05, 3.63) is 12.4 Å².